The van der Waals surface area contributed by atoms with Crippen LogP contribution in [0.25, 0.3) is 109 Å². The fourth-order valence-electron chi connectivity index (χ4n) is 7.89. The van der Waals surface area contributed by atoms with Crippen molar-refractivity contribution in [3.8, 4) is 22.6 Å². The first-order valence-electron chi connectivity index (χ1n) is 15.2. The third-order valence-corrected chi connectivity index (χ3v) is 9.85. The van der Waals surface area contributed by atoms with Gasteiger partial charge in [-0.15, -0.1) is 0 Å². The van der Waals surface area contributed by atoms with Crippen LogP contribution >= 0.6 is 0 Å². The number of fused-ring (bicyclic) bond motifs is 6. The lowest BCUT2D eigenvalue weighted by atomic mass is 10.00. The van der Waals surface area contributed by atoms with Crippen LogP contribution < -0.4 is 0 Å². The van der Waals surface area contributed by atoms with Crippen molar-refractivity contribution in [1.82, 2.24) is 0 Å². The molecule has 3 heteroatoms. The van der Waals surface area contributed by atoms with Crippen LogP contribution in [0.2, 0.25) is 0 Å². The zero-order chi connectivity index (χ0) is 29.4. The summed E-state index contributed by atoms with van der Waals surface area (Å²) < 4.78 is 26.8. The van der Waals surface area contributed by atoms with Crippen molar-refractivity contribution in [2.24, 2.45) is 0 Å². The Kier molecular flexibility index (Phi) is 4.26. The van der Waals surface area contributed by atoms with E-state index in [9.17, 15) is 4.39 Å². The Hall–Kier alpha value is -5.93. The van der Waals surface area contributed by atoms with E-state index in [2.05, 4.69) is 103 Å². The maximum atomic E-state index is 13.6. The average Bonchev–Trinajstić information content (AvgIpc) is 3.60. The quantitative estimate of drug-likeness (QED) is 0.205. The van der Waals surface area contributed by atoms with Crippen LogP contribution in [-0.4, -0.2) is 0 Å². The lowest BCUT2D eigenvalue weighted by Crippen LogP contribution is -1.86. The molecule has 0 unspecified atom stereocenters. The first kappa shape index (κ1) is 23.5. The summed E-state index contributed by atoms with van der Waals surface area (Å²) in [6.45, 7) is 0. The summed E-state index contributed by atoms with van der Waals surface area (Å²) in [5, 5.41) is 16.8. The van der Waals surface area contributed by atoms with Crippen LogP contribution in [-0.2, 0) is 0 Å². The van der Waals surface area contributed by atoms with Gasteiger partial charge in [0.2, 0.25) is 0 Å². The lowest BCUT2D eigenvalue weighted by molar-refractivity contribution is 0.558. The third kappa shape index (κ3) is 3.02. The number of benzene rings is 7. The number of halogens is 1. The highest BCUT2D eigenvalue weighted by molar-refractivity contribution is 6.36. The van der Waals surface area contributed by atoms with Gasteiger partial charge in [0.25, 0.3) is 0 Å². The summed E-state index contributed by atoms with van der Waals surface area (Å²) in [5.74, 6) is 1.17. The highest BCUT2D eigenvalue weighted by atomic mass is 19.1. The van der Waals surface area contributed by atoms with Gasteiger partial charge >= 0.3 is 0 Å². The molecule has 0 aliphatic rings. The topological polar surface area (TPSA) is 26.3 Å². The normalized spacial score (nSPS) is 12.6. The Morgan fingerprint density at radius 2 is 0.822 bits per heavy atom. The van der Waals surface area contributed by atoms with Crippen LogP contribution in [0.4, 0.5) is 4.39 Å². The first-order valence-corrected chi connectivity index (χ1v) is 15.2. The summed E-state index contributed by atoms with van der Waals surface area (Å²) in [5.41, 5.74) is 3.75. The Morgan fingerprint density at radius 1 is 0.356 bits per heavy atom. The number of hydrogen-bond donors (Lipinski definition) is 0. The van der Waals surface area contributed by atoms with Gasteiger partial charge in [0.05, 0.1) is 0 Å². The predicted molar refractivity (Wildman–Crippen MR) is 184 cm³/mol. The van der Waals surface area contributed by atoms with Gasteiger partial charge in [0.1, 0.15) is 17.0 Å². The molecule has 0 aliphatic heterocycles. The summed E-state index contributed by atoms with van der Waals surface area (Å²) in [6, 6.07) is 43.4. The molecule has 11 rings (SSSR count). The monoisotopic (exact) mass is 576 g/mol. The van der Waals surface area contributed by atoms with E-state index in [0.717, 1.165) is 43.8 Å². The SMILES string of the molecule is Fc1ccc(-c2ccc3c(c2)c2ccc4oc(-c5cc6ccc7c8ccccc8c8ccc(o5)c6c78)cc5ccc3c2c54)cc1. The molecule has 45 heavy (non-hydrogen) atoms. The van der Waals surface area contributed by atoms with E-state index in [1.54, 1.807) is 0 Å². The molecular weight excluding hydrogens is 555 g/mol. The Labute approximate surface area is 255 Å². The smallest absolute Gasteiger partial charge is 0.170 e. The first-order chi connectivity index (χ1) is 22.2. The second kappa shape index (κ2) is 8.16. The van der Waals surface area contributed by atoms with Crippen molar-refractivity contribution in [2.75, 3.05) is 0 Å². The largest absolute Gasteiger partial charge is 0.453 e. The van der Waals surface area contributed by atoms with Crippen LogP contribution in [0.1, 0.15) is 0 Å². The molecule has 0 saturated heterocycles. The molecular formula is C42H21FO2. The van der Waals surface area contributed by atoms with Crippen molar-refractivity contribution < 1.29 is 13.2 Å². The zero-order valence-corrected chi connectivity index (χ0v) is 23.8. The van der Waals surface area contributed by atoms with E-state index in [-0.39, 0.29) is 5.82 Å². The van der Waals surface area contributed by atoms with Crippen LogP contribution in [0, 0.1) is 5.82 Å². The van der Waals surface area contributed by atoms with Gasteiger partial charge in [-0.2, -0.15) is 0 Å². The number of hydrogen-bond acceptors (Lipinski definition) is 2. The van der Waals surface area contributed by atoms with Crippen LogP contribution in [0.15, 0.2) is 136 Å². The molecule has 0 bridgehead atoms. The average molecular weight is 577 g/mol. The summed E-state index contributed by atoms with van der Waals surface area (Å²) in [4.78, 5) is 0. The summed E-state index contributed by atoms with van der Waals surface area (Å²) in [7, 11) is 0. The maximum Gasteiger partial charge on any atom is 0.170 e. The van der Waals surface area contributed by atoms with Crippen molar-refractivity contribution in [3.63, 3.8) is 0 Å². The van der Waals surface area contributed by atoms with E-state index in [1.165, 1.54) is 66.0 Å². The molecule has 0 amide bonds. The fourth-order valence-corrected chi connectivity index (χ4v) is 7.89. The third-order valence-electron chi connectivity index (χ3n) is 9.85. The molecule has 0 atom stereocenters. The van der Waals surface area contributed by atoms with Crippen molar-refractivity contribution >= 4 is 86.6 Å². The molecule has 0 radical (unpaired) electrons. The number of rotatable bonds is 2. The molecule has 2 nitrogen and oxygen atoms in total. The van der Waals surface area contributed by atoms with Gasteiger partial charge < -0.3 is 8.83 Å². The Balaban J connectivity index is 1.12. The Morgan fingerprint density at radius 3 is 1.40 bits per heavy atom. The van der Waals surface area contributed by atoms with Gasteiger partial charge in [-0.05, 0) is 120 Å². The minimum Gasteiger partial charge on any atom is -0.453 e. The minimum absolute atomic E-state index is 0.228. The molecule has 0 aliphatic carbocycles. The second-order valence-corrected chi connectivity index (χ2v) is 12.2. The summed E-state index contributed by atoms with van der Waals surface area (Å²) in [6.07, 6.45) is 0. The molecule has 2 heterocycles. The van der Waals surface area contributed by atoms with Gasteiger partial charge in [-0.25, -0.2) is 4.39 Å². The fraction of sp³-hybridized carbons (Fsp3) is 0. The van der Waals surface area contributed by atoms with Gasteiger partial charge in [0.15, 0.2) is 11.5 Å². The van der Waals surface area contributed by atoms with Crippen LogP contribution in [0.5, 0.6) is 0 Å². The maximum absolute atomic E-state index is 13.6. The van der Waals surface area contributed by atoms with Gasteiger partial charge in [-0.1, -0.05) is 72.8 Å². The standard InChI is InChI=1S/C42H21FO2/c43-26-10-5-22(6-11-26)23-7-12-29-31-14-9-25-21-38(45-36-18-16-33(34(29)19-23)42(31)40(25)36)37-20-24-8-13-30-27-3-1-2-4-28(27)32-15-17-35(44-37)39(24)41(30)32/h1-21H. The van der Waals surface area contributed by atoms with E-state index in [4.69, 9.17) is 8.83 Å². The Bertz CT molecular complexity index is 2880. The molecule has 0 spiro atoms. The molecule has 0 saturated carbocycles. The zero-order valence-electron chi connectivity index (χ0n) is 23.8. The van der Waals surface area contributed by atoms with Crippen molar-refractivity contribution in [1.29, 1.82) is 0 Å². The molecule has 0 fully saturated rings. The van der Waals surface area contributed by atoms with E-state index in [0.29, 0.717) is 11.5 Å². The lowest BCUT2D eigenvalue weighted by Gasteiger charge is -2.11. The van der Waals surface area contributed by atoms with Crippen molar-refractivity contribution in [2.45, 2.75) is 0 Å². The second-order valence-electron chi connectivity index (χ2n) is 12.2. The highest BCUT2D eigenvalue weighted by Crippen LogP contribution is 2.46. The molecule has 9 aromatic carbocycles. The van der Waals surface area contributed by atoms with E-state index in [1.807, 2.05) is 12.1 Å². The van der Waals surface area contributed by atoms with Crippen molar-refractivity contribution in [3.05, 3.63) is 133 Å². The summed E-state index contributed by atoms with van der Waals surface area (Å²) >= 11 is 0. The molecule has 208 valence electrons. The van der Waals surface area contributed by atoms with Crippen LogP contribution in [0.3, 0.4) is 0 Å². The predicted octanol–water partition coefficient (Wildman–Crippen LogP) is 12.4. The molecule has 11 aromatic rings. The minimum atomic E-state index is -0.228. The van der Waals surface area contributed by atoms with Gasteiger partial charge in [-0.3, -0.25) is 0 Å². The van der Waals surface area contributed by atoms with Gasteiger partial charge in [0, 0.05) is 21.5 Å². The molecule has 2 aromatic heterocycles. The van der Waals surface area contributed by atoms with E-state index < -0.39 is 0 Å². The van der Waals surface area contributed by atoms with E-state index >= 15 is 0 Å². The molecule has 0 N–H and O–H groups in total. The highest BCUT2D eigenvalue weighted by Gasteiger charge is 2.20.